The Morgan fingerprint density at radius 2 is 2.00 bits per heavy atom. The lowest BCUT2D eigenvalue weighted by Crippen LogP contribution is -2.65. The fourth-order valence-corrected chi connectivity index (χ4v) is 2.93. The number of carbonyl (C=O) groups is 1. The number of rotatable bonds is 0. The van der Waals surface area contributed by atoms with Crippen molar-refractivity contribution in [3.63, 3.8) is 0 Å². The molecule has 2 aliphatic rings. The summed E-state index contributed by atoms with van der Waals surface area (Å²) >= 11 is 0. The van der Waals surface area contributed by atoms with Gasteiger partial charge in [0.25, 0.3) is 0 Å². The number of nitrogens with one attached hydrogen (secondary N) is 2. The number of amides is 1. The first-order chi connectivity index (χ1) is 6.54. The van der Waals surface area contributed by atoms with Crippen molar-refractivity contribution in [2.75, 3.05) is 13.1 Å². The van der Waals surface area contributed by atoms with E-state index < -0.39 is 0 Å². The van der Waals surface area contributed by atoms with E-state index in [2.05, 4.69) is 24.5 Å². The molecule has 1 spiro atoms. The summed E-state index contributed by atoms with van der Waals surface area (Å²) in [5.74, 6) is 0.219. The molecule has 2 fully saturated rings. The minimum Gasteiger partial charge on any atom is -0.353 e. The zero-order valence-electron chi connectivity index (χ0n) is 9.15. The van der Waals surface area contributed by atoms with Gasteiger partial charge in [-0.25, -0.2) is 0 Å². The second-order valence-electron chi connectivity index (χ2n) is 5.46. The normalized spacial score (nSPS) is 36.9. The van der Waals surface area contributed by atoms with E-state index in [1.54, 1.807) is 0 Å². The molecule has 1 aliphatic carbocycles. The fourth-order valence-electron chi connectivity index (χ4n) is 2.93. The van der Waals surface area contributed by atoms with Crippen LogP contribution < -0.4 is 10.6 Å². The number of hydrogen-bond donors (Lipinski definition) is 2. The van der Waals surface area contributed by atoms with Crippen molar-refractivity contribution in [1.82, 2.24) is 10.6 Å². The molecule has 1 saturated heterocycles. The van der Waals surface area contributed by atoms with Gasteiger partial charge in [-0.3, -0.25) is 4.79 Å². The maximum Gasteiger partial charge on any atom is 0.240 e. The Hall–Kier alpha value is -0.570. The molecule has 0 aromatic carbocycles. The topological polar surface area (TPSA) is 41.1 Å². The molecule has 0 bridgehead atoms. The van der Waals surface area contributed by atoms with Crippen LogP contribution in [-0.4, -0.2) is 24.5 Å². The molecule has 0 radical (unpaired) electrons. The number of hydrogen-bond acceptors (Lipinski definition) is 2. The van der Waals surface area contributed by atoms with Gasteiger partial charge in [0.05, 0.1) is 5.54 Å². The maximum absolute atomic E-state index is 11.9. The van der Waals surface area contributed by atoms with E-state index >= 15 is 0 Å². The summed E-state index contributed by atoms with van der Waals surface area (Å²) in [4.78, 5) is 11.9. The van der Waals surface area contributed by atoms with E-state index in [4.69, 9.17) is 0 Å². The third-order valence-electron chi connectivity index (χ3n) is 3.55. The SMILES string of the molecule is CC1(C)CCCC2(C1)NCCNC2=O. The van der Waals surface area contributed by atoms with Gasteiger partial charge in [0.1, 0.15) is 0 Å². The molecule has 2 rings (SSSR count). The first kappa shape index (κ1) is 9.97. The van der Waals surface area contributed by atoms with Gasteiger partial charge in [0, 0.05) is 13.1 Å². The van der Waals surface area contributed by atoms with Crippen LogP contribution in [0.25, 0.3) is 0 Å². The molecule has 14 heavy (non-hydrogen) atoms. The first-order valence-corrected chi connectivity index (χ1v) is 5.58. The Bertz CT molecular complexity index is 246. The van der Waals surface area contributed by atoms with Crippen molar-refractivity contribution in [2.24, 2.45) is 5.41 Å². The minimum atomic E-state index is -0.250. The lowest BCUT2D eigenvalue weighted by atomic mass is 9.67. The predicted molar refractivity (Wildman–Crippen MR) is 56.0 cm³/mol. The monoisotopic (exact) mass is 196 g/mol. The largest absolute Gasteiger partial charge is 0.353 e. The molecular weight excluding hydrogens is 176 g/mol. The molecule has 1 heterocycles. The van der Waals surface area contributed by atoms with E-state index in [-0.39, 0.29) is 11.4 Å². The molecule has 2 N–H and O–H groups in total. The van der Waals surface area contributed by atoms with Gasteiger partial charge in [0.15, 0.2) is 0 Å². The highest BCUT2D eigenvalue weighted by Gasteiger charge is 2.46. The van der Waals surface area contributed by atoms with Crippen molar-refractivity contribution >= 4 is 5.91 Å². The predicted octanol–water partition coefficient (Wildman–Crippen LogP) is 1.04. The molecule has 1 atom stereocenters. The van der Waals surface area contributed by atoms with Crippen molar-refractivity contribution in [2.45, 2.75) is 45.1 Å². The lowest BCUT2D eigenvalue weighted by Gasteiger charge is -2.46. The van der Waals surface area contributed by atoms with E-state index in [9.17, 15) is 4.79 Å². The molecule has 0 aromatic heterocycles. The second-order valence-corrected chi connectivity index (χ2v) is 5.46. The number of piperazine rings is 1. The molecule has 1 amide bonds. The van der Waals surface area contributed by atoms with Crippen LogP contribution in [0, 0.1) is 5.41 Å². The van der Waals surface area contributed by atoms with Gasteiger partial charge < -0.3 is 10.6 Å². The third kappa shape index (κ3) is 1.65. The summed E-state index contributed by atoms with van der Waals surface area (Å²) in [5.41, 5.74) is 0.0555. The molecule has 0 aromatic rings. The van der Waals surface area contributed by atoms with Crippen LogP contribution in [0.4, 0.5) is 0 Å². The van der Waals surface area contributed by atoms with E-state index in [0.717, 1.165) is 32.4 Å². The summed E-state index contributed by atoms with van der Waals surface area (Å²) in [7, 11) is 0. The van der Waals surface area contributed by atoms with Crippen molar-refractivity contribution in [3.8, 4) is 0 Å². The Labute approximate surface area is 85.6 Å². The van der Waals surface area contributed by atoms with Crippen LogP contribution >= 0.6 is 0 Å². The van der Waals surface area contributed by atoms with Gasteiger partial charge in [-0.2, -0.15) is 0 Å². The van der Waals surface area contributed by atoms with E-state index in [0.29, 0.717) is 5.41 Å². The zero-order chi connectivity index (χ0) is 10.2. The molecule has 3 nitrogen and oxygen atoms in total. The standard InChI is InChI=1S/C11H20N2O/c1-10(2)4-3-5-11(8-10)9(14)12-6-7-13-11/h13H,3-8H2,1-2H3,(H,12,14). The number of carbonyl (C=O) groups excluding carboxylic acids is 1. The van der Waals surface area contributed by atoms with Crippen LogP contribution in [0.1, 0.15) is 39.5 Å². The summed E-state index contributed by atoms with van der Waals surface area (Å²) in [6.07, 6.45) is 4.38. The summed E-state index contributed by atoms with van der Waals surface area (Å²) in [6.45, 7) is 6.22. The van der Waals surface area contributed by atoms with Crippen LogP contribution in [0.15, 0.2) is 0 Å². The fraction of sp³-hybridized carbons (Fsp3) is 0.909. The molecule has 1 unspecified atom stereocenters. The smallest absolute Gasteiger partial charge is 0.240 e. The van der Waals surface area contributed by atoms with Crippen LogP contribution in [-0.2, 0) is 4.79 Å². The summed E-state index contributed by atoms with van der Waals surface area (Å²) in [5, 5.41) is 6.41. The molecule has 1 saturated carbocycles. The Kier molecular flexibility index (Phi) is 2.30. The highest BCUT2D eigenvalue weighted by atomic mass is 16.2. The highest BCUT2D eigenvalue weighted by molar-refractivity contribution is 5.87. The molecular formula is C11H20N2O. The van der Waals surface area contributed by atoms with Gasteiger partial charge in [-0.05, 0) is 24.7 Å². The second kappa shape index (κ2) is 3.23. The van der Waals surface area contributed by atoms with Crippen molar-refractivity contribution in [3.05, 3.63) is 0 Å². The van der Waals surface area contributed by atoms with E-state index in [1.807, 2.05) is 0 Å². The molecule has 1 aliphatic heterocycles. The summed E-state index contributed by atoms with van der Waals surface area (Å²) in [6, 6.07) is 0. The van der Waals surface area contributed by atoms with Gasteiger partial charge in [-0.1, -0.05) is 20.3 Å². The molecule has 3 heteroatoms. The van der Waals surface area contributed by atoms with E-state index in [1.165, 1.54) is 6.42 Å². The van der Waals surface area contributed by atoms with Crippen LogP contribution in [0.3, 0.4) is 0 Å². The van der Waals surface area contributed by atoms with Gasteiger partial charge >= 0.3 is 0 Å². The quantitative estimate of drug-likeness (QED) is 0.608. The minimum absolute atomic E-state index is 0.219. The van der Waals surface area contributed by atoms with Crippen molar-refractivity contribution in [1.29, 1.82) is 0 Å². The zero-order valence-corrected chi connectivity index (χ0v) is 9.15. The lowest BCUT2D eigenvalue weighted by molar-refractivity contribution is -0.132. The highest BCUT2D eigenvalue weighted by Crippen LogP contribution is 2.41. The Morgan fingerprint density at radius 1 is 1.21 bits per heavy atom. The first-order valence-electron chi connectivity index (χ1n) is 5.58. The Balaban J connectivity index is 2.17. The summed E-state index contributed by atoms with van der Waals surface area (Å²) < 4.78 is 0. The average molecular weight is 196 g/mol. The molecule has 80 valence electrons. The van der Waals surface area contributed by atoms with Crippen LogP contribution in [0.2, 0.25) is 0 Å². The average Bonchev–Trinajstić information content (AvgIpc) is 2.09. The third-order valence-corrected chi connectivity index (χ3v) is 3.55. The van der Waals surface area contributed by atoms with Crippen LogP contribution in [0.5, 0.6) is 0 Å². The Morgan fingerprint density at radius 3 is 2.64 bits per heavy atom. The van der Waals surface area contributed by atoms with Crippen molar-refractivity contribution < 1.29 is 4.79 Å². The van der Waals surface area contributed by atoms with Gasteiger partial charge in [0.2, 0.25) is 5.91 Å². The van der Waals surface area contributed by atoms with Gasteiger partial charge in [-0.15, -0.1) is 0 Å². The maximum atomic E-state index is 11.9.